The van der Waals surface area contributed by atoms with Gasteiger partial charge in [-0.05, 0) is 30.7 Å². The second-order valence-electron chi connectivity index (χ2n) is 6.95. The van der Waals surface area contributed by atoms with Crippen molar-refractivity contribution in [2.24, 2.45) is 0 Å². The Morgan fingerprint density at radius 3 is 1.68 bits per heavy atom. The Morgan fingerprint density at radius 1 is 0.806 bits per heavy atom. The molecule has 3 N–H and O–H groups in total. The van der Waals surface area contributed by atoms with Crippen molar-refractivity contribution in [3.63, 3.8) is 0 Å². The van der Waals surface area contributed by atoms with E-state index in [1.54, 1.807) is 29.2 Å². The Hall–Kier alpha value is -4.27. The van der Waals surface area contributed by atoms with E-state index in [0.717, 1.165) is 0 Å². The number of carboxylic acids is 1. The zero-order chi connectivity index (χ0) is 21.8. The van der Waals surface area contributed by atoms with E-state index in [-0.39, 0.29) is 24.1 Å². The number of carboxylic acid groups (broad SMARTS) is 1. The molecule has 2 aromatic carbocycles. The summed E-state index contributed by atoms with van der Waals surface area (Å²) >= 11 is 0. The van der Waals surface area contributed by atoms with Gasteiger partial charge < -0.3 is 10.0 Å². The first-order valence-corrected chi connectivity index (χ1v) is 9.77. The van der Waals surface area contributed by atoms with Crippen LogP contribution in [0.15, 0.2) is 82.4 Å². The quantitative estimate of drug-likeness (QED) is 0.406. The van der Waals surface area contributed by atoms with Gasteiger partial charge in [-0.3, -0.25) is 24.6 Å². The summed E-state index contributed by atoms with van der Waals surface area (Å²) in [5, 5.41) is 15.1. The first-order valence-electron chi connectivity index (χ1n) is 9.77. The maximum absolute atomic E-state index is 12.6. The Balaban J connectivity index is 1.73. The highest BCUT2D eigenvalue weighted by atomic mass is 16.4. The molecule has 0 fully saturated rings. The van der Waals surface area contributed by atoms with E-state index >= 15 is 0 Å². The van der Waals surface area contributed by atoms with Gasteiger partial charge in [0.05, 0.1) is 11.4 Å². The number of benzene rings is 2. The number of nitrogens with one attached hydrogen (secondary N) is 2. The van der Waals surface area contributed by atoms with Crippen LogP contribution in [0.5, 0.6) is 0 Å². The van der Waals surface area contributed by atoms with Gasteiger partial charge in [0, 0.05) is 25.1 Å². The lowest BCUT2D eigenvalue weighted by Crippen LogP contribution is -2.21. The molecular formula is C22H21N5O4. The van der Waals surface area contributed by atoms with E-state index in [4.69, 9.17) is 5.11 Å². The average Bonchev–Trinajstić information content (AvgIpc) is 3.35. The summed E-state index contributed by atoms with van der Waals surface area (Å²) in [5.74, 6) is -0.0212. The summed E-state index contributed by atoms with van der Waals surface area (Å²) in [5.41, 5.74) is 0.794. The molecule has 2 aromatic heterocycles. The average molecular weight is 419 g/mol. The number of anilines is 2. The van der Waals surface area contributed by atoms with Gasteiger partial charge in [-0.15, -0.1) is 0 Å². The van der Waals surface area contributed by atoms with Crippen molar-refractivity contribution in [2.75, 3.05) is 11.4 Å². The number of nitrogens with zero attached hydrogens (tertiary/aromatic N) is 3. The van der Waals surface area contributed by atoms with Crippen LogP contribution in [-0.4, -0.2) is 37.2 Å². The van der Waals surface area contributed by atoms with Crippen LogP contribution < -0.4 is 16.0 Å². The number of carbonyl (C=O) groups is 1. The molecule has 4 rings (SSSR count). The van der Waals surface area contributed by atoms with Crippen LogP contribution in [-0.2, 0) is 4.79 Å². The van der Waals surface area contributed by atoms with Gasteiger partial charge in [-0.1, -0.05) is 36.4 Å². The summed E-state index contributed by atoms with van der Waals surface area (Å²) in [6, 6.07) is 21.0. The number of aromatic amines is 2. The number of aromatic nitrogens is 4. The summed E-state index contributed by atoms with van der Waals surface area (Å²) in [7, 11) is 0. The minimum absolute atomic E-state index is 0.0379. The highest BCUT2D eigenvalue weighted by Gasteiger charge is 2.18. The fourth-order valence-corrected chi connectivity index (χ4v) is 3.34. The highest BCUT2D eigenvalue weighted by Crippen LogP contribution is 2.22. The minimum Gasteiger partial charge on any atom is -0.481 e. The topological polar surface area (TPSA) is 116 Å². The van der Waals surface area contributed by atoms with E-state index in [2.05, 4.69) is 10.2 Å². The van der Waals surface area contributed by atoms with Crippen LogP contribution in [0.25, 0.3) is 11.4 Å². The van der Waals surface area contributed by atoms with E-state index in [1.165, 1.54) is 21.5 Å². The number of hydrogen-bond donors (Lipinski definition) is 3. The number of aliphatic carboxylic acids is 1. The molecular weight excluding hydrogens is 398 g/mol. The molecule has 0 saturated heterocycles. The van der Waals surface area contributed by atoms with Crippen molar-refractivity contribution in [1.82, 2.24) is 19.6 Å². The SMILES string of the molecule is O=C(O)CCCN(c1cc(=O)n(-c2ccccc2)[nH]1)c1cc(=O)n(-c2ccccc2)[nH]1. The molecule has 158 valence electrons. The lowest BCUT2D eigenvalue weighted by atomic mass is 10.3. The largest absolute Gasteiger partial charge is 0.481 e. The zero-order valence-electron chi connectivity index (χ0n) is 16.6. The minimum atomic E-state index is -0.911. The third-order valence-corrected chi connectivity index (χ3v) is 4.80. The van der Waals surface area contributed by atoms with Gasteiger partial charge in [-0.2, -0.15) is 0 Å². The summed E-state index contributed by atoms with van der Waals surface area (Å²) in [6.45, 7) is 0.287. The second kappa shape index (κ2) is 8.62. The monoisotopic (exact) mass is 419 g/mol. The number of rotatable bonds is 8. The lowest BCUT2D eigenvalue weighted by molar-refractivity contribution is -0.137. The molecule has 9 heteroatoms. The normalized spacial score (nSPS) is 10.8. The Kier molecular flexibility index (Phi) is 5.57. The maximum atomic E-state index is 12.6. The highest BCUT2D eigenvalue weighted by molar-refractivity contribution is 5.67. The molecule has 0 aliphatic carbocycles. The molecule has 0 spiro atoms. The number of para-hydroxylation sites is 2. The molecule has 0 saturated carbocycles. The smallest absolute Gasteiger partial charge is 0.303 e. The van der Waals surface area contributed by atoms with Gasteiger partial charge in [0.2, 0.25) is 0 Å². The molecule has 0 radical (unpaired) electrons. The van der Waals surface area contributed by atoms with Crippen LogP contribution in [0.4, 0.5) is 11.6 Å². The second-order valence-corrected chi connectivity index (χ2v) is 6.95. The van der Waals surface area contributed by atoms with E-state index < -0.39 is 5.97 Å². The first kappa shape index (κ1) is 20.0. The van der Waals surface area contributed by atoms with Crippen molar-refractivity contribution in [2.45, 2.75) is 12.8 Å². The molecule has 0 unspecified atom stereocenters. The fraction of sp³-hybridized carbons (Fsp3) is 0.136. The van der Waals surface area contributed by atoms with Gasteiger partial charge in [0.25, 0.3) is 11.1 Å². The molecule has 0 atom stereocenters. The molecule has 0 amide bonds. The van der Waals surface area contributed by atoms with Crippen molar-refractivity contribution in [3.8, 4) is 11.4 Å². The Labute approximate surface area is 176 Å². The summed E-state index contributed by atoms with van der Waals surface area (Å²) in [4.78, 5) is 37.9. The van der Waals surface area contributed by atoms with Crippen molar-refractivity contribution >= 4 is 17.6 Å². The predicted octanol–water partition coefficient (Wildman–Crippen LogP) is 2.65. The Morgan fingerprint density at radius 2 is 1.26 bits per heavy atom. The number of hydrogen-bond acceptors (Lipinski definition) is 4. The first-order chi connectivity index (χ1) is 15.0. The summed E-state index contributed by atoms with van der Waals surface area (Å²) in [6.07, 6.45) is 0.288. The van der Waals surface area contributed by atoms with Crippen LogP contribution >= 0.6 is 0 Å². The molecule has 2 heterocycles. The van der Waals surface area contributed by atoms with Crippen LogP contribution in [0, 0.1) is 0 Å². The van der Waals surface area contributed by atoms with Gasteiger partial charge >= 0.3 is 5.97 Å². The molecule has 31 heavy (non-hydrogen) atoms. The van der Waals surface area contributed by atoms with Crippen LogP contribution in [0.2, 0.25) is 0 Å². The van der Waals surface area contributed by atoms with Crippen molar-refractivity contribution < 1.29 is 9.90 Å². The lowest BCUT2D eigenvalue weighted by Gasteiger charge is -2.21. The third-order valence-electron chi connectivity index (χ3n) is 4.80. The van der Waals surface area contributed by atoms with Gasteiger partial charge in [-0.25, -0.2) is 9.36 Å². The van der Waals surface area contributed by atoms with Crippen molar-refractivity contribution in [3.05, 3.63) is 93.5 Å². The summed E-state index contributed by atoms with van der Waals surface area (Å²) < 4.78 is 2.79. The van der Waals surface area contributed by atoms with Gasteiger partial charge in [0.1, 0.15) is 11.6 Å². The van der Waals surface area contributed by atoms with Gasteiger partial charge in [0.15, 0.2) is 0 Å². The molecule has 0 bridgehead atoms. The van der Waals surface area contributed by atoms with Crippen LogP contribution in [0.1, 0.15) is 12.8 Å². The van der Waals surface area contributed by atoms with Crippen molar-refractivity contribution in [1.29, 1.82) is 0 Å². The standard InChI is InChI=1S/C22H21N5O4/c28-20-14-18(23-26(20)16-8-3-1-4-9-16)25(13-7-12-22(30)31)19-15-21(29)27(24-19)17-10-5-2-6-11-17/h1-6,8-11,14-15,23-24H,7,12-13H2,(H,30,31). The predicted molar refractivity (Wildman–Crippen MR) is 117 cm³/mol. The molecule has 9 nitrogen and oxygen atoms in total. The number of H-pyrrole nitrogens is 2. The molecule has 4 aromatic rings. The molecule has 0 aliphatic rings. The Bertz CT molecular complexity index is 1190. The fourth-order valence-electron chi connectivity index (χ4n) is 3.34. The zero-order valence-corrected chi connectivity index (χ0v) is 16.6. The third kappa shape index (κ3) is 4.35. The van der Waals surface area contributed by atoms with Crippen LogP contribution in [0.3, 0.4) is 0 Å². The van der Waals surface area contributed by atoms with E-state index in [1.807, 2.05) is 36.4 Å². The van der Waals surface area contributed by atoms with E-state index in [9.17, 15) is 14.4 Å². The maximum Gasteiger partial charge on any atom is 0.303 e. The molecule has 0 aliphatic heterocycles. The van der Waals surface area contributed by atoms with E-state index in [0.29, 0.717) is 29.4 Å².